The van der Waals surface area contributed by atoms with Crippen molar-refractivity contribution in [3.63, 3.8) is 0 Å². The standard InChI is InChI=1S/C29H35NO2/c1-24-16-18-27(19-17-24)29(32,30-22-9-4-10-23-30)21-11-20-28(31,25-12-5-2-6-13-25)26-14-7-3-8-15-26/h2-3,5-8,12-19,31-32H,4,9-11,20-23H2,1H3. The summed E-state index contributed by atoms with van der Waals surface area (Å²) in [4.78, 5) is 2.24. The van der Waals surface area contributed by atoms with Crippen molar-refractivity contribution >= 4 is 0 Å². The van der Waals surface area contributed by atoms with Crippen LogP contribution in [-0.4, -0.2) is 28.2 Å². The van der Waals surface area contributed by atoms with E-state index in [2.05, 4.69) is 36.1 Å². The molecule has 3 heteroatoms. The second-order valence-electron chi connectivity index (χ2n) is 9.18. The summed E-state index contributed by atoms with van der Waals surface area (Å²) in [5, 5.41) is 23.9. The minimum absolute atomic E-state index is 0.545. The molecule has 32 heavy (non-hydrogen) atoms. The number of piperidine rings is 1. The number of nitrogens with zero attached hydrogens (tertiary/aromatic N) is 1. The Kier molecular flexibility index (Phi) is 7.10. The molecule has 1 heterocycles. The predicted octanol–water partition coefficient (Wildman–Crippen LogP) is 5.73. The molecule has 1 saturated heterocycles. The zero-order valence-corrected chi connectivity index (χ0v) is 19.1. The van der Waals surface area contributed by atoms with Crippen LogP contribution in [0.25, 0.3) is 0 Å². The number of likely N-dealkylation sites (tertiary alicyclic amines) is 1. The lowest BCUT2D eigenvalue weighted by Crippen LogP contribution is -2.49. The first kappa shape index (κ1) is 22.7. The van der Waals surface area contributed by atoms with Gasteiger partial charge < -0.3 is 10.2 Å². The average Bonchev–Trinajstić information content (AvgIpc) is 2.86. The Morgan fingerprint density at radius 1 is 0.656 bits per heavy atom. The number of hydrogen-bond acceptors (Lipinski definition) is 3. The molecule has 0 radical (unpaired) electrons. The summed E-state index contributed by atoms with van der Waals surface area (Å²) in [6, 6.07) is 28.1. The molecule has 1 aliphatic heterocycles. The molecule has 0 aromatic heterocycles. The van der Waals surface area contributed by atoms with Gasteiger partial charge in [-0.25, -0.2) is 0 Å². The molecular weight excluding hydrogens is 394 g/mol. The van der Waals surface area contributed by atoms with Crippen LogP contribution in [0.2, 0.25) is 0 Å². The SMILES string of the molecule is Cc1ccc(C(O)(CCCC(O)(c2ccccc2)c2ccccc2)N2CCCCC2)cc1. The van der Waals surface area contributed by atoms with Gasteiger partial charge >= 0.3 is 0 Å². The Balaban J connectivity index is 1.59. The topological polar surface area (TPSA) is 43.7 Å². The Morgan fingerprint density at radius 3 is 1.72 bits per heavy atom. The van der Waals surface area contributed by atoms with Gasteiger partial charge in [-0.3, -0.25) is 4.90 Å². The van der Waals surface area contributed by atoms with Crippen LogP contribution in [0.15, 0.2) is 84.9 Å². The van der Waals surface area contributed by atoms with Crippen LogP contribution in [-0.2, 0) is 11.3 Å². The molecule has 2 N–H and O–H groups in total. The molecule has 1 unspecified atom stereocenters. The first-order chi connectivity index (χ1) is 15.5. The fourth-order valence-electron chi connectivity index (χ4n) is 5.04. The summed E-state index contributed by atoms with van der Waals surface area (Å²) in [5.41, 5.74) is 1.83. The minimum atomic E-state index is -1.08. The van der Waals surface area contributed by atoms with Gasteiger partial charge in [0, 0.05) is 13.1 Å². The molecule has 0 aliphatic carbocycles. The van der Waals surface area contributed by atoms with Gasteiger partial charge in [-0.05, 0) is 55.7 Å². The quantitative estimate of drug-likeness (QED) is 0.480. The van der Waals surface area contributed by atoms with Gasteiger partial charge in [-0.15, -0.1) is 0 Å². The van der Waals surface area contributed by atoms with Crippen molar-refractivity contribution in [2.75, 3.05) is 13.1 Å². The van der Waals surface area contributed by atoms with Crippen LogP contribution in [0.3, 0.4) is 0 Å². The normalized spacial score (nSPS) is 17.1. The maximum absolute atomic E-state index is 12.0. The van der Waals surface area contributed by atoms with Crippen molar-refractivity contribution < 1.29 is 10.2 Å². The summed E-state index contributed by atoms with van der Waals surface area (Å²) in [5.74, 6) is 0. The second kappa shape index (κ2) is 9.99. The van der Waals surface area contributed by atoms with E-state index < -0.39 is 11.3 Å². The summed E-state index contributed by atoms with van der Waals surface area (Å²) in [6.45, 7) is 3.89. The summed E-state index contributed by atoms with van der Waals surface area (Å²) < 4.78 is 0. The van der Waals surface area contributed by atoms with E-state index in [1.807, 2.05) is 60.7 Å². The van der Waals surface area contributed by atoms with Crippen LogP contribution in [0.5, 0.6) is 0 Å². The molecule has 1 atom stereocenters. The van der Waals surface area contributed by atoms with Crippen LogP contribution in [0, 0.1) is 6.92 Å². The number of aliphatic hydroxyl groups is 2. The number of hydrogen-bond donors (Lipinski definition) is 2. The van der Waals surface area contributed by atoms with Gasteiger partial charge in [-0.1, -0.05) is 96.9 Å². The monoisotopic (exact) mass is 429 g/mol. The third kappa shape index (κ3) is 4.80. The highest BCUT2D eigenvalue weighted by Gasteiger charge is 2.38. The molecular formula is C29H35NO2. The van der Waals surface area contributed by atoms with Gasteiger partial charge in [0.1, 0.15) is 11.3 Å². The minimum Gasteiger partial charge on any atom is -0.380 e. The largest absolute Gasteiger partial charge is 0.380 e. The maximum Gasteiger partial charge on any atom is 0.144 e. The molecule has 4 rings (SSSR count). The molecule has 3 aromatic rings. The van der Waals surface area contributed by atoms with Crippen molar-refractivity contribution in [3.8, 4) is 0 Å². The maximum atomic E-state index is 12.0. The molecule has 0 amide bonds. The Hall–Kier alpha value is -2.46. The highest BCUT2D eigenvalue weighted by atomic mass is 16.3. The molecule has 0 bridgehead atoms. The molecule has 3 nitrogen and oxygen atoms in total. The first-order valence-corrected chi connectivity index (χ1v) is 11.9. The van der Waals surface area contributed by atoms with E-state index in [0.717, 1.165) is 42.6 Å². The lowest BCUT2D eigenvalue weighted by molar-refractivity contribution is -0.132. The Labute approximate surface area is 192 Å². The van der Waals surface area contributed by atoms with Gasteiger partial charge in [0.25, 0.3) is 0 Å². The average molecular weight is 430 g/mol. The molecule has 1 fully saturated rings. The summed E-state index contributed by atoms with van der Waals surface area (Å²) in [7, 11) is 0. The smallest absolute Gasteiger partial charge is 0.144 e. The van der Waals surface area contributed by atoms with Gasteiger partial charge in [0.05, 0.1) is 0 Å². The second-order valence-corrected chi connectivity index (χ2v) is 9.18. The van der Waals surface area contributed by atoms with E-state index in [1.54, 1.807) is 0 Å². The third-order valence-electron chi connectivity index (χ3n) is 6.96. The molecule has 168 valence electrons. The van der Waals surface area contributed by atoms with E-state index in [0.29, 0.717) is 19.3 Å². The predicted molar refractivity (Wildman–Crippen MR) is 130 cm³/mol. The lowest BCUT2D eigenvalue weighted by Gasteiger charge is -2.43. The van der Waals surface area contributed by atoms with Crippen LogP contribution < -0.4 is 0 Å². The van der Waals surface area contributed by atoms with Gasteiger partial charge in [0.15, 0.2) is 0 Å². The fourth-order valence-corrected chi connectivity index (χ4v) is 5.04. The van der Waals surface area contributed by atoms with Crippen LogP contribution in [0.1, 0.15) is 60.8 Å². The Morgan fingerprint density at radius 2 is 1.19 bits per heavy atom. The van der Waals surface area contributed by atoms with Crippen molar-refractivity contribution in [3.05, 3.63) is 107 Å². The first-order valence-electron chi connectivity index (χ1n) is 11.9. The molecule has 0 spiro atoms. The zero-order chi connectivity index (χ0) is 22.4. The number of aryl methyl sites for hydroxylation is 1. The van der Waals surface area contributed by atoms with Crippen molar-refractivity contribution in [1.29, 1.82) is 0 Å². The summed E-state index contributed by atoms with van der Waals surface area (Å²) >= 11 is 0. The zero-order valence-electron chi connectivity index (χ0n) is 19.1. The molecule has 1 aliphatic rings. The lowest BCUT2D eigenvalue weighted by atomic mass is 9.81. The van der Waals surface area contributed by atoms with Crippen molar-refractivity contribution in [1.82, 2.24) is 4.90 Å². The molecule has 0 saturated carbocycles. The van der Waals surface area contributed by atoms with Crippen LogP contribution >= 0.6 is 0 Å². The van der Waals surface area contributed by atoms with Crippen molar-refractivity contribution in [2.45, 2.75) is 56.8 Å². The van der Waals surface area contributed by atoms with Crippen LogP contribution in [0.4, 0.5) is 0 Å². The number of rotatable bonds is 8. The third-order valence-corrected chi connectivity index (χ3v) is 6.96. The Bertz CT molecular complexity index is 926. The van der Waals surface area contributed by atoms with E-state index in [1.165, 1.54) is 12.0 Å². The number of benzene rings is 3. The van der Waals surface area contributed by atoms with Gasteiger partial charge in [-0.2, -0.15) is 0 Å². The highest BCUT2D eigenvalue weighted by molar-refractivity contribution is 5.36. The van der Waals surface area contributed by atoms with Crippen molar-refractivity contribution in [2.24, 2.45) is 0 Å². The summed E-state index contributed by atoms with van der Waals surface area (Å²) in [6.07, 6.45) is 5.28. The highest BCUT2D eigenvalue weighted by Crippen LogP contribution is 2.39. The van der Waals surface area contributed by atoms with E-state index in [4.69, 9.17) is 0 Å². The molecule has 3 aromatic carbocycles. The van der Waals surface area contributed by atoms with E-state index in [9.17, 15) is 10.2 Å². The fraction of sp³-hybridized carbons (Fsp3) is 0.379. The van der Waals surface area contributed by atoms with Gasteiger partial charge in [0.2, 0.25) is 0 Å². The van der Waals surface area contributed by atoms with E-state index >= 15 is 0 Å². The van der Waals surface area contributed by atoms with E-state index in [-0.39, 0.29) is 0 Å².